The van der Waals surface area contributed by atoms with Gasteiger partial charge in [0.05, 0.1) is 6.54 Å². The second kappa shape index (κ2) is 7.86. The number of amides is 1. The Labute approximate surface area is 130 Å². The summed E-state index contributed by atoms with van der Waals surface area (Å²) in [6, 6.07) is 18.0. The maximum Gasteiger partial charge on any atom is 0.238 e. The summed E-state index contributed by atoms with van der Waals surface area (Å²) < 4.78 is 0. The van der Waals surface area contributed by atoms with Gasteiger partial charge < -0.3 is 5.32 Å². The molecule has 0 spiro atoms. The Hall–Kier alpha value is -1.78. The van der Waals surface area contributed by atoms with E-state index in [9.17, 15) is 4.79 Å². The number of anilines is 1. The van der Waals surface area contributed by atoms with E-state index in [1.54, 1.807) is 11.8 Å². The van der Waals surface area contributed by atoms with Crippen molar-refractivity contribution in [3.05, 3.63) is 60.2 Å². The van der Waals surface area contributed by atoms with Crippen LogP contribution in [0.1, 0.15) is 5.56 Å². The minimum Gasteiger partial charge on any atom is -0.325 e. The molecule has 21 heavy (non-hydrogen) atoms. The first-order valence-corrected chi connectivity index (χ1v) is 8.06. The first-order valence-electron chi connectivity index (χ1n) is 6.84. The standard InChI is InChI=1S/C17H20N2OS/c1-19(12-14-6-4-3-5-7-14)13-17(20)18-15-8-10-16(21-2)11-9-15/h3-11H,12-13H2,1-2H3,(H,18,20). The van der Waals surface area contributed by atoms with Gasteiger partial charge in [-0.3, -0.25) is 9.69 Å². The van der Waals surface area contributed by atoms with Gasteiger partial charge in [-0.1, -0.05) is 30.3 Å². The molecule has 0 radical (unpaired) electrons. The van der Waals surface area contributed by atoms with Crippen molar-refractivity contribution in [3.8, 4) is 0 Å². The number of rotatable bonds is 6. The minimum atomic E-state index is 0.00494. The maximum atomic E-state index is 12.0. The zero-order chi connectivity index (χ0) is 15.1. The first kappa shape index (κ1) is 15.6. The molecule has 0 atom stereocenters. The molecule has 2 aromatic carbocycles. The van der Waals surface area contributed by atoms with E-state index in [0.29, 0.717) is 6.54 Å². The summed E-state index contributed by atoms with van der Waals surface area (Å²) in [5.41, 5.74) is 2.04. The minimum absolute atomic E-state index is 0.00494. The van der Waals surface area contributed by atoms with Crippen LogP contribution in [0, 0.1) is 0 Å². The zero-order valence-corrected chi connectivity index (χ0v) is 13.2. The van der Waals surface area contributed by atoms with Crippen molar-refractivity contribution in [2.45, 2.75) is 11.4 Å². The lowest BCUT2D eigenvalue weighted by molar-refractivity contribution is -0.117. The maximum absolute atomic E-state index is 12.0. The van der Waals surface area contributed by atoms with E-state index in [4.69, 9.17) is 0 Å². The smallest absolute Gasteiger partial charge is 0.238 e. The highest BCUT2D eigenvalue weighted by molar-refractivity contribution is 7.98. The zero-order valence-electron chi connectivity index (χ0n) is 12.4. The quantitative estimate of drug-likeness (QED) is 0.829. The Morgan fingerprint density at radius 1 is 1.10 bits per heavy atom. The van der Waals surface area contributed by atoms with Gasteiger partial charge in [-0.15, -0.1) is 11.8 Å². The Morgan fingerprint density at radius 3 is 2.38 bits per heavy atom. The van der Waals surface area contributed by atoms with Crippen LogP contribution in [0.5, 0.6) is 0 Å². The number of hydrogen-bond donors (Lipinski definition) is 1. The van der Waals surface area contributed by atoms with Crippen molar-refractivity contribution >= 4 is 23.4 Å². The topological polar surface area (TPSA) is 32.3 Å². The van der Waals surface area contributed by atoms with Crippen LogP contribution >= 0.6 is 11.8 Å². The predicted molar refractivity (Wildman–Crippen MR) is 89.6 cm³/mol. The van der Waals surface area contributed by atoms with Crippen LogP contribution in [0.4, 0.5) is 5.69 Å². The van der Waals surface area contributed by atoms with Crippen LogP contribution in [0.2, 0.25) is 0 Å². The van der Waals surface area contributed by atoms with Gasteiger partial charge in [0.2, 0.25) is 5.91 Å². The predicted octanol–water partition coefficient (Wildman–Crippen LogP) is 3.48. The Balaban J connectivity index is 1.83. The number of nitrogens with zero attached hydrogens (tertiary/aromatic N) is 1. The third kappa shape index (κ3) is 5.25. The number of carbonyl (C=O) groups excluding carboxylic acids is 1. The summed E-state index contributed by atoms with van der Waals surface area (Å²) in [5.74, 6) is 0.00494. The van der Waals surface area contributed by atoms with Gasteiger partial charge >= 0.3 is 0 Å². The van der Waals surface area contributed by atoms with Gasteiger partial charge in [0.15, 0.2) is 0 Å². The molecular weight excluding hydrogens is 280 g/mol. The monoisotopic (exact) mass is 300 g/mol. The first-order chi connectivity index (χ1) is 10.2. The molecule has 0 saturated carbocycles. The van der Waals surface area contributed by atoms with E-state index >= 15 is 0 Å². The Kier molecular flexibility index (Phi) is 5.84. The van der Waals surface area contributed by atoms with Gasteiger partial charge in [0.25, 0.3) is 0 Å². The van der Waals surface area contributed by atoms with E-state index in [1.807, 2.05) is 60.7 Å². The van der Waals surface area contributed by atoms with Gasteiger partial charge in [0.1, 0.15) is 0 Å². The summed E-state index contributed by atoms with van der Waals surface area (Å²) >= 11 is 1.69. The highest BCUT2D eigenvalue weighted by Crippen LogP contribution is 2.17. The van der Waals surface area contributed by atoms with Crippen LogP contribution in [0.3, 0.4) is 0 Å². The lowest BCUT2D eigenvalue weighted by Gasteiger charge is -2.16. The second-order valence-corrected chi connectivity index (χ2v) is 5.81. The molecule has 0 saturated heterocycles. The molecule has 2 aromatic rings. The molecule has 0 heterocycles. The SMILES string of the molecule is CSc1ccc(NC(=O)CN(C)Cc2ccccc2)cc1. The van der Waals surface area contributed by atoms with Gasteiger partial charge in [-0.2, -0.15) is 0 Å². The lowest BCUT2D eigenvalue weighted by Crippen LogP contribution is -2.29. The molecule has 4 heteroatoms. The number of thioether (sulfide) groups is 1. The van der Waals surface area contributed by atoms with E-state index in [1.165, 1.54) is 10.5 Å². The molecule has 3 nitrogen and oxygen atoms in total. The van der Waals surface area contributed by atoms with E-state index in [2.05, 4.69) is 17.4 Å². The highest BCUT2D eigenvalue weighted by Gasteiger charge is 2.07. The molecule has 1 N–H and O–H groups in total. The average Bonchev–Trinajstić information content (AvgIpc) is 2.48. The van der Waals surface area contributed by atoms with Gasteiger partial charge in [-0.05, 0) is 43.1 Å². The number of carbonyl (C=O) groups is 1. The highest BCUT2D eigenvalue weighted by atomic mass is 32.2. The number of benzene rings is 2. The van der Waals surface area contributed by atoms with Crippen molar-refractivity contribution in [1.82, 2.24) is 4.90 Å². The van der Waals surface area contributed by atoms with E-state index < -0.39 is 0 Å². The number of nitrogens with one attached hydrogen (secondary N) is 1. The second-order valence-electron chi connectivity index (χ2n) is 4.93. The van der Waals surface area contributed by atoms with E-state index in [0.717, 1.165) is 12.2 Å². The third-order valence-electron chi connectivity index (χ3n) is 3.08. The molecule has 0 aromatic heterocycles. The van der Waals surface area contributed by atoms with Gasteiger partial charge in [0, 0.05) is 17.1 Å². The summed E-state index contributed by atoms with van der Waals surface area (Å²) in [6.45, 7) is 1.14. The fraction of sp³-hybridized carbons (Fsp3) is 0.235. The van der Waals surface area contributed by atoms with Crippen molar-refractivity contribution in [3.63, 3.8) is 0 Å². The molecule has 2 rings (SSSR count). The van der Waals surface area contributed by atoms with Crippen LogP contribution in [0.25, 0.3) is 0 Å². The fourth-order valence-corrected chi connectivity index (χ4v) is 2.48. The largest absolute Gasteiger partial charge is 0.325 e. The average molecular weight is 300 g/mol. The number of hydrogen-bond acceptors (Lipinski definition) is 3. The molecule has 0 aliphatic heterocycles. The molecule has 0 unspecified atom stereocenters. The Bertz CT molecular complexity index is 569. The van der Waals surface area contributed by atoms with Crippen LogP contribution in [-0.4, -0.2) is 30.7 Å². The van der Waals surface area contributed by atoms with Crippen molar-refractivity contribution < 1.29 is 4.79 Å². The summed E-state index contributed by atoms with van der Waals surface area (Å²) in [6.07, 6.45) is 2.03. The van der Waals surface area contributed by atoms with Crippen molar-refractivity contribution in [1.29, 1.82) is 0 Å². The fourth-order valence-electron chi connectivity index (χ4n) is 2.07. The molecule has 0 fully saturated rings. The van der Waals surface area contributed by atoms with E-state index in [-0.39, 0.29) is 5.91 Å². The normalized spacial score (nSPS) is 10.6. The van der Waals surface area contributed by atoms with Gasteiger partial charge in [-0.25, -0.2) is 0 Å². The molecule has 0 aliphatic rings. The molecule has 110 valence electrons. The van der Waals surface area contributed by atoms with Crippen LogP contribution in [-0.2, 0) is 11.3 Å². The summed E-state index contributed by atoms with van der Waals surface area (Å²) in [4.78, 5) is 15.2. The van der Waals surface area contributed by atoms with Crippen LogP contribution in [0.15, 0.2) is 59.5 Å². The lowest BCUT2D eigenvalue weighted by atomic mass is 10.2. The van der Waals surface area contributed by atoms with Crippen molar-refractivity contribution in [2.75, 3.05) is 25.2 Å². The molecular formula is C17H20N2OS. The molecule has 0 aliphatic carbocycles. The summed E-state index contributed by atoms with van der Waals surface area (Å²) in [7, 11) is 1.95. The van der Waals surface area contributed by atoms with Crippen LogP contribution < -0.4 is 5.32 Å². The van der Waals surface area contributed by atoms with Crippen molar-refractivity contribution in [2.24, 2.45) is 0 Å². The molecule has 0 bridgehead atoms. The Morgan fingerprint density at radius 2 is 1.76 bits per heavy atom. The summed E-state index contributed by atoms with van der Waals surface area (Å²) in [5, 5.41) is 2.92. The third-order valence-corrected chi connectivity index (χ3v) is 3.83. The number of likely N-dealkylation sites (N-methyl/N-ethyl adjacent to an activating group) is 1. The molecule has 1 amide bonds.